The van der Waals surface area contributed by atoms with E-state index in [1.807, 2.05) is 6.08 Å². The van der Waals surface area contributed by atoms with Gasteiger partial charge in [0.15, 0.2) is 6.10 Å². The van der Waals surface area contributed by atoms with Gasteiger partial charge in [0.25, 0.3) is 11.6 Å². The Hall–Kier alpha value is -3.03. The van der Waals surface area contributed by atoms with Crippen LogP contribution in [-0.2, 0) is 9.53 Å². The number of carbonyl (C=O) groups excluding carboxylic acids is 1. The third-order valence-electron chi connectivity index (χ3n) is 3.96. The number of hydrogen-bond acceptors (Lipinski definition) is 7. The first-order valence-corrected chi connectivity index (χ1v) is 7.97. The smallest absolute Gasteiger partial charge is 0.307 e. The summed E-state index contributed by atoms with van der Waals surface area (Å²) < 4.78 is 10.9. The molecule has 1 heterocycles. The van der Waals surface area contributed by atoms with Crippen molar-refractivity contribution < 1.29 is 18.9 Å². The molecular weight excluding hydrogens is 326 g/mol. The zero-order chi connectivity index (χ0) is 17.8. The van der Waals surface area contributed by atoms with Gasteiger partial charge in [0, 0.05) is 17.7 Å². The molecule has 1 aliphatic rings. The molecule has 1 aromatic carbocycles. The van der Waals surface area contributed by atoms with Crippen LogP contribution in [0.5, 0.6) is 0 Å². The number of hydrogen-bond donors (Lipinski definition) is 0. The van der Waals surface area contributed by atoms with Crippen LogP contribution >= 0.6 is 0 Å². The number of rotatable bonds is 6. The number of nitro groups is 1. The fourth-order valence-electron chi connectivity index (χ4n) is 2.62. The summed E-state index contributed by atoms with van der Waals surface area (Å²) in [4.78, 5) is 22.1. The van der Waals surface area contributed by atoms with E-state index in [4.69, 9.17) is 9.15 Å². The van der Waals surface area contributed by atoms with Gasteiger partial charge in [-0.2, -0.15) is 0 Å². The van der Waals surface area contributed by atoms with Crippen molar-refractivity contribution in [3.05, 3.63) is 52.4 Å². The van der Waals surface area contributed by atoms with E-state index in [2.05, 4.69) is 16.3 Å². The van der Waals surface area contributed by atoms with E-state index in [1.165, 1.54) is 24.3 Å². The maximum Gasteiger partial charge on any atom is 0.307 e. The van der Waals surface area contributed by atoms with Gasteiger partial charge in [0.1, 0.15) is 0 Å². The van der Waals surface area contributed by atoms with Crippen molar-refractivity contribution in [2.24, 2.45) is 5.92 Å². The van der Waals surface area contributed by atoms with Gasteiger partial charge in [-0.1, -0.05) is 12.2 Å². The first-order valence-electron chi connectivity index (χ1n) is 7.97. The van der Waals surface area contributed by atoms with Crippen LogP contribution < -0.4 is 0 Å². The number of nitrogens with zero attached hydrogens (tertiary/aromatic N) is 3. The molecular formula is C17H17N3O5. The van der Waals surface area contributed by atoms with Gasteiger partial charge in [0.05, 0.1) is 11.3 Å². The second-order valence-corrected chi connectivity index (χ2v) is 5.85. The van der Waals surface area contributed by atoms with Crippen molar-refractivity contribution in [2.45, 2.75) is 32.3 Å². The molecule has 1 aliphatic carbocycles. The van der Waals surface area contributed by atoms with E-state index in [-0.39, 0.29) is 29.4 Å². The molecule has 0 bridgehead atoms. The second kappa shape index (κ2) is 7.25. The van der Waals surface area contributed by atoms with E-state index in [0.717, 1.165) is 12.8 Å². The molecule has 0 aliphatic heterocycles. The predicted octanol–water partition coefficient (Wildman–Crippen LogP) is 3.61. The highest BCUT2D eigenvalue weighted by Crippen LogP contribution is 2.26. The predicted molar refractivity (Wildman–Crippen MR) is 87.4 cm³/mol. The molecule has 0 N–H and O–H groups in total. The van der Waals surface area contributed by atoms with Crippen molar-refractivity contribution in [1.29, 1.82) is 0 Å². The highest BCUT2D eigenvalue weighted by Gasteiger charge is 2.21. The average Bonchev–Trinajstić information content (AvgIpc) is 3.26. The lowest BCUT2D eigenvalue weighted by atomic mass is 10.1. The van der Waals surface area contributed by atoms with Crippen molar-refractivity contribution >= 4 is 11.7 Å². The lowest BCUT2D eigenvalue weighted by Crippen LogP contribution is -2.12. The molecule has 0 unspecified atom stereocenters. The van der Waals surface area contributed by atoms with Crippen molar-refractivity contribution in [3.63, 3.8) is 0 Å². The zero-order valence-electron chi connectivity index (χ0n) is 13.6. The molecule has 2 atom stereocenters. The van der Waals surface area contributed by atoms with E-state index in [1.54, 1.807) is 6.92 Å². The molecule has 0 radical (unpaired) electrons. The molecule has 3 rings (SSSR count). The maximum absolute atomic E-state index is 12.0. The van der Waals surface area contributed by atoms with E-state index >= 15 is 0 Å². The Morgan fingerprint density at radius 2 is 2.16 bits per heavy atom. The molecule has 0 amide bonds. The quantitative estimate of drug-likeness (QED) is 0.341. The average molecular weight is 343 g/mol. The molecule has 0 spiro atoms. The van der Waals surface area contributed by atoms with Gasteiger partial charge in [-0.25, -0.2) is 0 Å². The molecule has 1 aromatic heterocycles. The number of ether oxygens (including phenoxy) is 1. The summed E-state index contributed by atoms with van der Waals surface area (Å²) in [7, 11) is 0. The number of esters is 1. The van der Waals surface area contributed by atoms with Crippen molar-refractivity contribution in [3.8, 4) is 11.5 Å². The number of non-ortho nitro benzene ring substituents is 1. The molecule has 25 heavy (non-hydrogen) atoms. The highest BCUT2D eigenvalue weighted by molar-refractivity contribution is 5.70. The first-order chi connectivity index (χ1) is 12.0. The van der Waals surface area contributed by atoms with Crippen molar-refractivity contribution in [1.82, 2.24) is 10.2 Å². The van der Waals surface area contributed by atoms with Gasteiger partial charge in [0.2, 0.25) is 5.89 Å². The summed E-state index contributed by atoms with van der Waals surface area (Å²) >= 11 is 0. The van der Waals surface area contributed by atoms with Crippen LogP contribution in [0.3, 0.4) is 0 Å². The standard InChI is InChI=1S/C17H17N3O5/c1-11(24-15(21)10-12-4-2-3-5-12)16-18-19-17(25-16)13-6-8-14(9-7-13)20(22)23/h2,4,6-9,11-12H,3,5,10H2,1H3/t11-,12+/m1/s1. The molecule has 130 valence electrons. The third kappa shape index (κ3) is 4.09. The molecule has 8 nitrogen and oxygen atoms in total. The van der Waals surface area contributed by atoms with Gasteiger partial charge in [-0.3, -0.25) is 14.9 Å². The minimum atomic E-state index is -0.655. The molecule has 2 aromatic rings. The SMILES string of the molecule is C[C@@H](OC(=O)C[C@H]1C=CCC1)c1nnc(-c2ccc([N+](=O)[O-])cc2)o1. The summed E-state index contributed by atoms with van der Waals surface area (Å²) in [6.07, 6.45) is 5.74. The topological polar surface area (TPSA) is 108 Å². The molecule has 0 saturated carbocycles. The van der Waals surface area contributed by atoms with Gasteiger partial charge >= 0.3 is 5.97 Å². The third-order valence-corrected chi connectivity index (χ3v) is 3.96. The van der Waals surface area contributed by atoms with Crippen LogP contribution in [0.4, 0.5) is 5.69 Å². The summed E-state index contributed by atoms with van der Waals surface area (Å²) in [6.45, 7) is 1.66. The number of allylic oxidation sites excluding steroid dienone is 2. The van der Waals surface area contributed by atoms with Crippen LogP contribution in [-0.4, -0.2) is 21.1 Å². The lowest BCUT2D eigenvalue weighted by molar-refractivity contribution is -0.384. The number of aromatic nitrogens is 2. The van der Waals surface area contributed by atoms with Gasteiger partial charge in [-0.15, -0.1) is 10.2 Å². The van der Waals surface area contributed by atoms with Crippen LogP contribution in [0.2, 0.25) is 0 Å². The number of benzene rings is 1. The monoisotopic (exact) mass is 343 g/mol. The minimum absolute atomic E-state index is 0.0215. The van der Waals surface area contributed by atoms with Crippen LogP contribution in [0.25, 0.3) is 11.5 Å². The van der Waals surface area contributed by atoms with Crippen LogP contribution in [0.15, 0.2) is 40.8 Å². The first kappa shape index (κ1) is 16.8. The summed E-state index contributed by atoms with van der Waals surface area (Å²) in [5, 5.41) is 18.5. The zero-order valence-corrected chi connectivity index (χ0v) is 13.6. The normalized spacial score (nSPS) is 17.4. The largest absolute Gasteiger partial charge is 0.453 e. The van der Waals surface area contributed by atoms with Gasteiger partial charge in [-0.05, 0) is 37.8 Å². The number of carbonyl (C=O) groups is 1. The van der Waals surface area contributed by atoms with Crippen molar-refractivity contribution in [2.75, 3.05) is 0 Å². The highest BCUT2D eigenvalue weighted by atomic mass is 16.6. The summed E-state index contributed by atoms with van der Waals surface area (Å²) in [5.74, 6) is 0.326. The molecule has 0 saturated heterocycles. The Morgan fingerprint density at radius 1 is 1.40 bits per heavy atom. The van der Waals surface area contributed by atoms with Crippen LogP contribution in [0.1, 0.15) is 38.2 Å². The Morgan fingerprint density at radius 3 is 2.80 bits per heavy atom. The fraction of sp³-hybridized carbons (Fsp3) is 0.353. The minimum Gasteiger partial charge on any atom is -0.453 e. The van der Waals surface area contributed by atoms with Crippen LogP contribution in [0, 0.1) is 16.0 Å². The molecule has 0 fully saturated rings. The Labute approximate surface area is 143 Å². The Bertz CT molecular complexity index is 797. The van der Waals surface area contributed by atoms with E-state index < -0.39 is 11.0 Å². The Balaban J connectivity index is 1.62. The second-order valence-electron chi connectivity index (χ2n) is 5.85. The summed E-state index contributed by atoms with van der Waals surface area (Å²) in [5.41, 5.74) is 0.533. The molecule has 8 heteroatoms. The lowest BCUT2D eigenvalue weighted by Gasteiger charge is -2.11. The maximum atomic E-state index is 12.0. The number of nitro benzene ring substituents is 1. The van der Waals surface area contributed by atoms with Gasteiger partial charge < -0.3 is 9.15 Å². The summed E-state index contributed by atoms with van der Waals surface area (Å²) in [6, 6.07) is 5.77. The van der Waals surface area contributed by atoms with E-state index in [0.29, 0.717) is 12.0 Å². The fourth-order valence-corrected chi connectivity index (χ4v) is 2.62. The Kier molecular flexibility index (Phi) is 4.87. The van der Waals surface area contributed by atoms with E-state index in [9.17, 15) is 14.9 Å².